The summed E-state index contributed by atoms with van der Waals surface area (Å²) in [6.45, 7) is 0. The van der Waals surface area contributed by atoms with E-state index < -0.39 is 0 Å². The van der Waals surface area contributed by atoms with Gasteiger partial charge in [-0.15, -0.1) is 0 Å². The molecule has 78 valence electrons. The summed E-state index contributed by atoms with van der Waals surface area (Å²) in [5, 5.41) is 0.993. The van der Waals surface area contributed by atoms with Crippen LogP contribution in [0, 0.1) is 0 Å². The van der Waals surface area contributed by atoms with Gasteiger partial charge in [0.15, 0.2) is 0 Å². The van der Waals surface area contributed by atoms with Gasteiger partial charge in [-0.3, -0.25) is 13.4 Å². The molecule has 2 heterocycles. The van der Waals surface area contributed by atoms with Crippen LogP contribution in [0.25, 0.3) is 10.9 Å². The first kappa shape index (κ1) is 10.2. The molecule has 0 bridgehead atoms. The third-order valence-corrected chi connectivity index (χ3v) is 2.94. The molecule has 1 amide bonds. The molecule has 0 unspecified atom stereocenters. The van der Waals surface area contributed by atoms with Crippen LogP contribution in [0.1, 0.15) is 10.5 Å². The van der Waals surface area contributed by atoms with Crippen LogP contribution in [0.15, 0.2) is 24.5 Å². The Hall–Kier alpha value is -1.36. The van der Waals surface area contributed by atoms with Crippen LogP contribution in [-0.2, 0) is 0 Å². The Morgan fingerprint density at radius 2 is 2.27 bits per heavy atom. The number of carbonyl (C=O) groups is 1. The minimum Gasteiger partial charge on any atom is -0.343 e. The zero-order valence-electron chi connectivity index (χ0n) is 8.44. The average molecular weight is 268 g/mol. The van der Waals surface area contributed by atoms with Gasteiger partial charge in [0.2, 0.25) is 0 Å². The number of hydrogen-bond donors (Lipinski definition) is 0. The number of hydrogen-bond acceptors (Lipinski definition) is 2. The molecular formula is C10H10BrN3O. The average Bonchev–Trinajstić information content (AvgIpc) is 2.56. The van der Waals surface area contributed by atoms with Crippen LogP contribution < -0.4 is 0 Å². The molecule has 0 aliphatic heterocycles. The van der Waals surface area contributed by atoms with Gasteiger partial charge in [-0.2, -0.15) is 0 Å². The Labute approximate surface area is 95.8 Å². The van der Waals surface area contributed by atoms with Crippen molar-refractivity contribution in [2.75, 3.05) is 14.1 Å². The lowest BCUT2D eigenvalue weighted by molar-refractivity contribution is 0.0822. The minimum absolute atomic E-state index is 0.0388. The predicted octanol–water partition coefficient (Wildman–Crippen LogP) is 1.90. The van der Waals surface area contributed by atoms with E-state index in [9.17, 15) is 4.79 Å². The van der Waals surface area contributed by atoms with Crippen LogP contribution in [0.4, 0.5) is 0 Å². The number of nitrogens with zero attached hydrogens (tertiary/aromatic N) is 3. The zero-order chi connectivity index (χ0) is 11.0. The Morgan fingerprint density at radius 1 is 1.53 bits per heavy atom. The Kier molecular flexibility index (Phi) is 2.48. The number of halogens is 1. The maximum atomic E-state index is 11.8. The Balaban J connectivity index is 2.63. The number of rotatable bonds is 1. The van der Waals surface area contributed by atoms with Gasteiger partial charge in [-0.25, -0.2) is 0 Å². The van der Waals surface area contributed by atoms with Crippen LogP contribution in [0.2, 0.25) is 0 Å². The van der Waals surface area contributed by atoms with Gasteiger partial charge in [0.1, 0.15) is 5.69 Å². The molecule has 0 aliphatic rings. The number of carbonyl (C=O) groups excluding carboxylic acids is 1. The first-order chi connectivity index (χ1) is 7.11. The van der Waals surface area contributed by atoms with Crippen molar-refractivity contribution in [1.29, 1.82) is 0 Å². The summed E-state index contributed by atoms with van der Waals surface area (Å²) in [6.07, 6.45) is 3.43. The first-order valence-electron chi connectivity index (χ1n) is 4.44. The lowest BCUT2D eigenvalue weighted by atomic mass is 10.3. The number of amides is 1. The summed E-state index contributed by atoms with van der Waals surface area (Å²) in [5.41, 5.74) is 1.49. The molecule has 5 heteroatoms. The van der Waals surface area contributed by atoms with Gasteiger partial charge in [0.05, 0.1) is 27.9 Å². The van der Waals surface area contributed by atoms with E-state index >= 15 is 0 Å². The van der Waals surface area contributed by atoms with E-state index in [-0.39, 0.29) is 5.91 Å². The maximum Gasteiger partial charge on any atom is 0.270 e. The molecule has 0 fully saturated rings. The van der Waals surface area contributed by atoms with Crippen LogP contribution in [-0.4, -0.2) is 33.5 Å². The van der Waals surface area contributed by atoms with Crippen molar-refractivity contribution < 1.29 is 4.79 Å². The molecule has 0 atom stereocenters. The van der Waals surface area contributed by atoms with E-state index in [1.54, 1.807) is 35.0 Å². The highest BCUT2D eigenvalue weighted by Gasteiger charge is 2.15. The molecule has 0 N–H and O–H groups in total. The normalized spacial score (nSPS) is 10.6. The SMILES string of the molecule is CN(C)C(=O)c1cc2ccncc2n1Br. The van der Waals surface area contributed by atoms with Crippen LogP contribution in [0.5, 0.6) is 0 Å². The second-order valence-electron chi connectivity index (χ2n) is 3.44. The summed E-state index contributed by atoms with van der Waals surface area (Å²) in [4.78, 5) is 17.3. The molecule has 0 aliphatic carbocycles. The Morgan fingerprint density at radius 3 is 2.87 bits per heavy atom. The summed E-state index contributed by atoms with van der Waals surface area (Å²) >= 11 is 3.35. The topological polar surface area (TPSA) is 38.1 Å². The largest absolute Gasteiger partial charge is 0.343 e. The molecule has 0 spiro atoms. The van der Waals surface area contributed by atoms with Gasteiger partial charge in [0.25, 0.3) is 5.91 Å². The standard InChI is InChI=1S/C10H10BrN3O/c1-13(2)10(15)8-5-7-3-4-12-6-9(7)14(8)11/h3-6H,1-2H3. The summed E-state index contributed by atoms with van der Waals surface area (Å²) in [7, 11) is 3.45. The number of pyridine rings is 1. The second kappa shape index (κ2) is 3.66. The molecule has 0 aromatic carbocycles. The first-order valence-corrected chi connectivity index (χ1v) is 5.15. The van der Waals surface area contributed by atoms with Crippen molar-refractivity contribution in [3.63, 3.8) is 0 Å². The zero-order valence-corrected chi connectivity index (χ0v) is 10.0. The predicted molar refractivity (Wildman–Crippen MR) is 62.1 cm³/mol. The van der Waals surface area contributed by atoms with E-state index in [1.165, 1.54) is 0 Å². The monoisotopic (exact) mass is 267 g/mol. The number of aromatic nitrogens is 2. The molecule has 0 radical (unpaired) electrons. The van der Waals surface area contributed by atoms with Crippen LogP contribution in [0.3, 0.4) is 0 Å². The minimum atomic E-state index is -0.0388. The lowest BCUT2D eigenvalue weighted by Crippen LogP contribution is -2.22. The van der Waals surface area contributed by atoms with E-state index in [0.717, 1.165) is 10.9 Å². The summed E-state index contributed by atoms with van der Waals surface area (Å²) in [6, 6.07) is 3.72. The van der Waals surface area contributed by atoms with E-state index in [0.29, 0.717) is 5.69 Å². The van der Waals surface area contributed by atoms with E-state index in [1.807, 2.05) is 12.1 Å². The third-order valence-electron chi connectivity index (χ3n) is 2.17. The molecule has 2 aromatic rings. The molecule has 2 aromatic heterocycles. The lowest BCUT2D eigenvalue weighted by Gasteiger charge is -2.09. The van der Waals surface area contributed by atoms with Crippen molar-refractivity contribution in [3.05, 3.63) is 30.2 Å². The fourth-order valence-electron chi connectivity index (χ4n) is 1.39. The van der Waals surface area contributed by atoms with E-state index in [4.69, 9.17) is 0 Å². The van der Waals surface area contributed by atoms with Gasteiger partial charge < -0.3 is 4.90 Å². The van der Waals surface area contributed by atoms with Crippen molar-refractivity contribution in [1.82, 2.24) is 13.5 Å². The third kappa shape index (κ3) is 1.63. The van der Waals surface area contributed by atoms with Gasteiger partial charge in [0, 0.05) is 25.7 Å². The molecule has 0 saturated heterocycles. The maximum absolute atomic E-state index is 11.8. The smallest absolute Gasteiger partial charge is 0.270 e. The van der Waals surface area contributed by atoms with Gasteiger partial charge in [-0.1, -0.05) is 0 Å². The van der Waals surface area contributed by atoms with Crippen molar-refractivity contribution >= 4 is 33.0 Å². The van der Waals surface area contributed by atoms with Crippen molar-refractivity contribution in [2.24, 2.45) is 0 Å². The summed E-state index contributed by atoms with van der Waals surface area (Å²) < 4.78 is 1.68. The highest BCUT2D eigenvalue weighted by Crippen LogP contribution is 2.21. The van der Waals surface area contributed by atoms with Gasteiger partial charge >= 0.3 is 0 Å². The summed E-state index contributed by atoms with van der Waals surface area (Å²) in [5.74, 6) is -0.0388. The number of fused-ring (bicyclic) bond motifs is 1. The molecule has 0 saturated carbocycles. The quantitative estimate of drug-likeness (QED) is 0.792. The molecule has 4 nitrogen and oxygen atoms in total. The van der Waals surface area contributed by atoms with Gasteiger partial charge in [-0.05, 0) is 12.1 Å². The fraction of sp³-hybridized carbons (Fsp3) is 0.200. The molecule has 2 rings (SSSR count). The fourth-order valence-corrected chi connectivity index (χ4v) is 1.94. The van der Waals surface area contributed by atoms with Crippen molar-refractivity contribution in [3.8, 4) is 0 Å². The Bertz CT molecular complexity index is 518. The van der Waals surface area contributed by atoms with Crippen molar-refractivity contribution in [2.45, 2.75) is 0 Å². The van der Waals surface area contributed by atoms with Crippen LogP contribution >= 0.6 is 16.1 Å². The second-order valence-corrected chi connectivity index (χ2v) is 4.15. The highest BCUT2D eigenvalue weighted by atomic mass is 79.9. The van der Waals surface area contributed by atoms with E-state index in [2.05, 4.69) is 21.1 Å². The molecule has 15 heavy (non-hydrogen) atoms. The highest BCUT2D eigenvalue weighted by molar-refractivity contribution is 9.08. The molecular weight excluding hydrogens is 258 g/mol.